The van der Waals surface area contributed by atoms with Crippen molar-refractivity contribution in [1.82, 2.24) is 0 Å². The number of benzene rings is 2. The molecule has 0 aliphatic carbocycles. The van der Waals surface area contributed by atoms with Crippen molar-refractivity contribution in [2.75, 3.05) is 13.2 Å². The average Bonchev–Trinajstić information content (AvgIpc) is 2.59. The number of hydrogen-bond donors (Lipinski definition) is 0. The van der Waals surface area contributed by atoms with Crippen LogP contribution in [0.5, 0.6) is 11.5 Å². The average molecular weight is 331 g/mol. The number of carbonyl (C=O) groups is 1. The number of halogens is 1. The Morgan fingerprint density at radius 1 is 1.13 bits per heavy atom. The summed E-state index contributed by atoms with van der Waals surface area (Å²) in [7, 11) is 0. The van der Waals surface area contributed by atoms with E-state index in [0.29, 0.717) is 24.0 Å². The second kappa shape index (κ2) is 7.20. The molecule has 0 bridgehead atoms. The molecule has 0 saturated heterocycles. The van der Waals surface area contributed by atoms with E-state index in [1.165, 1.54) is 6.08 Å². The molecule has 0 aromatic heterocycles. The molecule has 2 aromatic rings. The van der Waals surface area contributed by atoms with Gasteiger partial charge in [0, 0.05) is 16.7 Å². The predicted molar refractivity (Wildman–Crippen MR) is 87.7 cm³/mol. The van der Waals surface area contributed by atoms with Crippen molar-refractivity contribution in [3.8, 4) is 11.5 Å². The maximum Gasteiger partial charge on any atom is 0.331 e. The van der Waals surface area contributed by atoms with E-state index in [-0.39, 0.29) is 6.61 Å². The summed E-state index contributed by atoms with van der Waals surface area (Å²) in [5.41, 5.74) is 1.61. The Balaban J connectivity index is 1.59. The molecule has 3 rings (SSSR count). The number of fused-ring (bicyclic) bond motifs is 1. The Kier molecular flexibility index (Phi) is 4.83. The van der Waals surface area contributed by atoms with Gasteiger partial charge in [-0.15, -0.1) is 0 Å². The minimum Gasteiger partial charge on any atom is -0.486 e. The molecule has 1 aliphatic rings. The summed E-state index contributed by atoms with van der Waals surface area (Å²) in [6.07, 6.45) is 3.05. The van der Waals surface area contributed by atoms with Gasteiger partial charge in [-0.25, -0.2) is 4.79 Å². The molecule has 0 saturated carbocycles. The maximum absolute atomic E-state index is 11.8. The van der Waals surface area contributed by atoms with Crippen molar-refractivity contribution in [3.05, 3.63) is 64.7 Å². The molecule has 0 unspecified atom stereocenters. The first-order valence-corrected chi connectivity index (χ1v) is 7.58. The number of hydrogen-bond acceptors (Lipinski definition) is 4. The van der Waals surface area contributed by atoms with Crippen molar-refractivity contribution in [2.24, 2.45) is 0 Å². The zero-order chi connectivity index (χ0) is 16.1. The Morgan fingerprint density at radius 2 is 1.91 bits per heavy atom. The molecule has 1 aliphatic heterocycles. The smallest absolute Gasteiger partial charge is 0.331 e. The van der Waals surface area contributed by atoms with Gasteiger partial charge >= 0.3 is 5.97 Å². The van der Waals surface area contributed by atoms with Crippen LogP contribution in [-0.4, -0.2) is 19.2 Å². The highest BCUT2D eigenvalue weighted by molar-refractivity contribution is 6.31. The first-order chi connectivity index (χ1) is 11.2. The third-order valence-electron chi connectivity index (χ3n) is 3.31. The Labute approximate surface area is 139 Å². The third kappa shape index (κ3) is 4.05. The van der Waals surface area contributed by atoms with Gasteiger partial charge in [-0.3, -0.25) is 0 Å². The molecule has 0 N–H and O–H groups in total. The normalized spacial score (nSPS) is 13.1. The summed E-state index contributed by atoms with van der Waals surface area (Å²) < 4.78 is 16.1. The predicted octanol–water partition coefficient (Wildman–Crippen LogP) is 3.87. The summed E-state index contributed by atoms with van der Waals surface area (Å²) in [5, 5.41) is 0.580. The van der Waals surface area contributed by atoms with Gasteiger partial charge in [0.1, 0.15) is 19.8 Å². The third-order valence-corrected chi connectivity index (χ3v) is 3.67. The van der Waals surface area contributed by atoms with E-state index in [1.807, 2.05) is 36.4 Å². The van der Waals surface area contributed by atoms with Gasteiger partial charge in [0.05, 0.1) is 0 Å². The topological polar surface area (TPSA) is 44.8 Å². The highest BCUT2D eigenvalue weighted by Gasteiger charge is 2.11. The van der Waals surface area contributed by atoms with Gasteiger partial charge in [0.2, 0.25) is 0 Å². The first kappa shape index (κ1) is 15.4. The number of esters is 1. The lowest BCUT2D eigenvalue weighted by molar-refractivity contribution is -0.138. The molecular weight excluding hydrogens is 316 g/mol. The fourth-order valence-electron chi connectivity index (χ4n) is 2.14. The molecule has 5 heteroatoms. The minimum atomic E-state index is -0.431. The quantitative estimate of drug-likeness (QED) is 0.630. The monoisotopic (exact) mass is 330 g/mol. The van der Waals surface area contributed by atoms with Gasteiger partial charge in [0.25, 0.3) is 0 Å². The van der Waals surface area contributed by atoms with Crippen molar-refractivity contribution in [1.29, 1.82) is 0 Å². The maximum atomic E-state index is 11.8. The fraction of sp³-hybridized carbons (Fsp3) is 0.167. The van der Waals surface area contributed by atoms with Crippen LogP contribution in [0.2, 0.25) is 5.02 Å². The van der Waals surface area contributed by atoms with Crippen molar-refractivity contribution >= 4 is 23.6 Å². The lowest BCUT2D eigenvalue weighted by Crippen LogP contribution is -2.15. The van der Waals surface area contributed by atoms with Crippen LogP contribution < -0.4 is 9.47 Å². The van der Waals surface area contributed by atoms with Gasteiger partial charge < -0.3 is 14.2 Å². The number of ether oxygens (including phenoxy) is 3. The molecule has 4 nitrogen and oxygen atoms in total. The summed E-state index contributed by atoms with van der Waals surface area (Å²) in [6.45, 7) is 1.22. The van der Waals surface area contributed by atoms with Gasteiger partial charge in [0.15, 0.2) is 11.5 Å². The van der Waals surface area contributed by atoms with E-state index in [4.69, 9.17) is 25.8 Å². The van der Waals surface area contributed by atoms with E-state index in [2.05, 4.69) is 0 Å². The second-order valence-corrected chi connectivity index (χ2v) is 5.34. The van der Waals surface area contributed by atoms with Crippen LogP contribution in [0.15, 0.2) is 48.5 Å². The standard InChI is InChI=1S/C18H15ClO4/c19-15-4-2-1-3-14(15)12-23-18(20)8-6-13-5-7-16-17(11-13)22-10-9-21-16/h1-8,11H,9-10,12H2/b8-6+. The van der Waals surface area contributed by atoms with Crippen LogP contribution in [0.4, 0.5) is 0 Å². The Hall–Kier alpha value is -2.46. The van der Waals surface area contributed by atoms with E-state index >= 15 is 0 Å². The SMILES string of the molecule is O=C(/C=C/c1ccc2c(c1)OCCO2)OCc1ccccc1Cl. The molecule has 0 spiro atoms. The first-order valence-electron chi connectivity index (χ1n) is 7.20. The summed E-state index contributed by atoms with van der Waals surface area (Å²) in [4.78, 5) is 11.8. The highest BCUT2D eigenvalue weighted by atomic mass is 35.5. The minimum absolute atomic E-state index is 0.143. The Morgan fingerprint density at radius 3 is 2.74 bits per heavy atom. The van der Waals surface area contributed by atoms with Crippen molar-refractivity contribution in [2.45, 2.75) is 6.61 Å². The van der Waals surface area contributed by atoms with E-state index in [9.17, 15) is 4.79 Å². The van der Waals surface area contributed by atoms with Crippen molar-refractivity contribution < 1.29 is 19.0 Å². The van der Waals surface area contributed by atoms with Gasteiger partial charge in [-0.2, -0.15) is 0 Å². The molecular formula is C18H15ClO4. The van der Waals surface area contributed by atoms with Crippen molar-refractivity contribution in [3.63, 3.8) is 0 Å². The van der Waals surface area contributed by atoms with Crippen LogP contribution in [0, 0.1) is 0 Å². The second-order valence-electron chi connectivity index (χ2n) is 4.94. The van der Waals surface area contributed by atoms with Crippen LogP contribution >= 0.6 is 11.6 Å². The van der Waals surface area contributed by atoms with Crippen LogP contribution in [0.25, 0.3) is 6.08 Å². The molecule has 23 heavy (non-hydrogen) atoms. The van der Waals surface area contributed by atoms with Crippen LogP contribution in [-0.2, 0) is 16.1 Å². The highest BCUT2D eigenvalue weighted by Crippen LogP contribution is 2.31. The summed E-state index contributed by atoms with van der Waals surface area (Å²) >= 11 is 6.01. The summed E-state index contributed by atoms with van der Waals surface area (Å²) in [6, 6.07) is 12.8. The zero-order valence-electron chi connectivity index (χ0n) is 12.3. The van der Waals surface area contributed by atoms with Gasteiger partial charge in [-0.05, 0) is 29.8 Å². The summed E-state index contributed by atoms with van der Waals surface area (Å²) in [5.74, 6) is 0.970. The van der Waals surface area contributed by atoms with Gasteiger partial charge in [-0.1, -0.05) is 35.9 Å². The van der Waals surface area contributed by atoms with E-state index in [1.54, 1.807) is 12.1 Å². The number of rotatable bonds is 4. The molecule has 0 atom stereocenters. The Bertz CT molecular complexity index is 740. The zero-order valence-corrected chi connectivity index (χ0v) is 13.1. The molecule has 0 radical (unpaired) electrons. The molecule has 0 fully saturated rings. The molecule has 1 heterocycles. The van der Waals surface area contributed by atoms with E-state index < -0.39 is 5.97 Å². The lowest BCUT2D eigenvalue weighted by Gasteiger charge is -2.18. The van der Waals surface area contributed by atoms with E-state index in [0.717, 1.165) is 16.9 Å². The largest absolute Gasteiger partial charge is 0.486 e. The molecule has 118 valence electrons. The fourth-order valence-corrected chi connectivity index (χ4v) is 2.33. The molecule has 2 aromatic carbocycles. The number of carbonyl (C=O) groups excluding carboxylic acids is 1. The van der Waals surface area contributed by atoms with Crippen LogP contribution in [0.1, 0.15) is 11.1 Å². The molecule has 0 amide bonds. The van der Waals surface area contributed by atoms with Crippen LogP contribution in [0.3, 0.4) is 0 Å². The lowest BCUT2D eigenvalue weighted by atomic mass is 10.2.